The predicted molar refractivity (Wildman–Crippen MR) is 101 cm³/mol. The number of fused-ring (bicyclic) bond motifs is 1. The summed E-state index contributed by atoms with van der Waals surface area (Å²) in [6.45, 7) is 3.14. The lowest BCUT2D eigenvalue weighted by Crippen LogP contribution is -2.48. The zero-order chi connectivity index (χ0) is 18.1. The molecule has 2 heterocycles. The van der Waals surface area contributed by atoms with E-state index >= 15 is 0 Å². The Balaban J connectivity index is 1.44. The van der Waals surface area contributed by atoms with Crippen molar-refractivity contribution in [2.75, 3.05) is 26.2 Å². The summed E-state index contributed by atoms with van der Waals surface area (Å²) in [4.78, 5) is 7.34. The van der Waals surface area contributed by atoms with Crippen LogP contribution in [0.5, 0.6) is 0 Å². The molecule has 0 aliphatic carbocycles. The van der Waals surface area contributed by atoms with Crippen LogP contribution in [0.25, 0.3) is 11.0 Å². The Morgan fingerprint density at radius 3 is 2.27 bits per heavy atom. The molecular weight excluding hydrogens is 348 g/mol. The smallest absolute Gasteiger partial charge is 0.243 e. The van der Waals surface area contributed by atoms with Gasteiger partial charge in [0.25, 0.3) is 0 Å². The van der Waals surface area contributed by atoms with Crippen LogP contribution < -0.4 is 0 Å². The van der Waals surface area contributed by atoms with E-state index in [1.54, 1.807) is 28.6 Å². The van der Waals surface area contributed by atoms with Crippen molar-refractivity contribution in [2.24, 2.45) is 7.05 Å². The molecule has 2 aromatic carbocycles. The Labute approximate surface area is 153 Å². The zero-order valence-corrected chi connectivity index (χ0v) is 15.6. The molecule has 1 aliphatic rings. The molecule has 1 fully saturated rings. The fraction of sp³-hybridized carbons (Fsp3) is 0.316. The number of aryl methyl sites for hydroxylation is 1. The first-order valence-corrected chi connectivity index (χ1v) is 10.2. The Morgan fingerprint density at radius 1 is 0.923 bits per heavy atom. The van der Waals surface area contributed by atoms with Crippen LogP contribution in [0, 0.1) is 0 Å². The number of para-hydroxylation sites is 2. The first-order valence-electron chi connectivity index (χ1n) is 8.73. The highest BCUT2D eigenvalue weighted by molar-refractivity contribution is 7.89. The van der Waals surface area contributed by atoms with Gasteiger partial charge in [0.2, 0.25) is 10.0 Å². The molecular formula is C19H22N4O2S. The molecule has 4 rings (SSSR count). The number of nitrogens with zero attached hydrogens (tertiary/aromatic N) is 4. The summed E-state index contributed by atoms with van der Waals surface area (Å²) in [5.41, 5.74) is 2.11. The van der Waals surface area contributed by atoms with Crippen molar-refractivity contribution in [3.63, 3.8) is 0 Å². The van der Waals surface area contributed by atoms with Gasteiger partial charge in [0, 0.05) is 33.2 Å². The lowest BCUT2D eigenvalue weighted by atomic mass is 10.3. The van der Waals surface area contributed by atoms with E-state index in [-0.39, 0.29) is 0 Å². The van der Waals surface area contributed by atoms with Crippen molar-refractivity contribution < 1.29 is 8.42 Å². The third-order valence-electron chi connectivity index (χ3n) is 4.96. The zero-order valence-electron chi connectivity index (χ0n) is 14.7. The van der Waals surface area contributed by atoms with E-state index in [0.717, 1.165) is 23.4 Å². The second-order valence-corrected chi connectivity index (χ2v) is 8.51. The highest BCUT2D eigenvalue weighted by atomic mass is 32.2. The van der Waals surface area contributed by atoms with Crippen LogP contribution in [0.15, 0.2) is 59.5 Å². The highest BCUT2D eigenvalue weighted by Crippen LogP contribution is 2.19. The van der Waals surface area contributed by atoms with E-state index in [1.165, 1.54) is 0 Å². The normalized spacial score (nSPS) is 17.0. The molecule has 0 amide bonds. The molecule has 0 radical (unpaired) electrons. The average Bonchev–Trinajstić information content (AvgIpc) is 2.99. The summed E-state index contributed by atoms with van der Waals surface area (Å²) < 4.78 is 29.1. The van der Waals surface area contributed by atoms with Crippen LogP contribution >= 0.6 is 0 Å². The van der Waals surface area contributed by atoms with Crippen molar-refractivity contribution >= 4 is 21.1 Å². The van der Waals surface area contributed by atoms with Crippen molar-refractivity contribution in [1.29, 1.82) is 0 Å². The van der Waals surface area contributed by atoms with Gasteiger partial charge >= 0.3 is 0 Å². The van der Waals surface area contributed by atoms with Crippen LogP contribution in [0.3, 0.4) is 0 Å². The molecule has 7 heteroatoms. The second kappa shape index (κ2) is 6.83. The van der Waals surface area contributed by atoms with Gasteiger partial charge in [-0.3, -0.25) is 4.90 Å². The summed E-state index contributed by atoms with van der Waals surface area (Å²) in [5.74, 6) is 1.01. The number of benzene rings is 2. The van der Waals surface area contributed by atoms with Crippen LogP contribution in [0.1, 0.15) is 5.82 Å². The molecule has 136 valence electrons. The molecule has 0 N–H and O–H groups in total. The minimum Gasteiger partial charge on any atom is -0.330 e. The minimum absolute atomic E-state index is 0.365. The van der Waals surface area contributed by atoms with Crippen molar-refractivity contribution in [3.8, 4) is 0 Å². The Hall–Kier alpha value is -2.22. The Kier molecular flexibility index (Phi) is 4.52. The minimum atomic E-state index is -3.40. The molecule has 0 spiro atoms. The molecule has 0 bridgehead atoms. The monoisotopic (exact) mass is 370 g/mol. The summed E-state index contributed by atoms with van der Waals surface area (Å²) in [5, 5.41) is 0. The molecule has 3 aromatic rings. The number of piperazine rings is 1. The van der Waals surface area contributed by atoms with E-state index < -0.39 is 10.0 Å². The van der Waals surface area contributed by atoms with E-state index in [2.05, 4.69) is 15.5 Å². The third kappa shape index (κ3) is 3.13. The van der Waals surface area contributed by atoms with Gasteiger partial charge in [0.15, 0.2) is 0 Å². The van der Waals surface area contributed by atoms with Crippen LogP contribution in [-0.2, 0) is 23.6 Å². The maximum Gasteiger partial charge on any atom is 0.243 e. The summed E-state index contributed by atoms with van der Waals surface area (Å²) in [6, 6.07) is 16.7. The van der Waals surface area contributed by atoms with Gasteiger partial charge in [-0.15, -0.1) is 0 Å². The molecule has 1 aromatic heterocycles. The fourth-order valence-corrected chi connectivity index (χ4v) is 4.85. The van der Waals surface area contributed by atoms with Gasteiger partial charge in [0.05, 0.1) is 22.5 Å². The van der Waals surface area contributed by atoms with Crippen molar-refractivity contribution in [3.05, 3.63) is 60.4 Å². The van der Waals surface area contributed by atoms with Gasteiger partial charge in [0.1, 0.15) is 5.82 Å². The first kappa shape index (κ1) is 17.2. The summed E-state index contributed by atoms with van der Waals surface area (Å²) >= 11 is 0. The predicted octanol–water partition coefficient (Wildman–Crippen LogP) is 2.08. The lowest BCUT2D eigenvalue weighted by Gasteiger charge is -2.33. The largest absolute Gasteiger partial charge is 0.330 e. The maximum atomic E-state index is 12.7. The van der Waals surface area contributed by atoms with Crippen LogP contribution in [-0.4, -0.2) is 53.4 Å². The Morgan fingerprint density at radius 2 is 1.58 bits per heavy atom. The SMILES string of the molecule is Cn1c(CN2CCN(S(=O)(=O)c3ccccc3)CC2)nc2ccccc21. The number of hydrogen-bond donors (Lipinski definition) is 0. The lowest BCUT2D eigenvalue weighted by molar-refractivity contribution is 0.177. The summed E-state index contributed by atoms with van der Waals surface area (Å²) in [6.07, 6.45) is 0. The third-order valence-corrected chi connectivity index (χ3v) is 6.87. The Bertz CT molecular complexity index is 1010. The second-order valence-electron chi connectivity index (χ2n) is 6.57. The molecule has 1 saturated heterocycles. The maximum absolute atomic E-state index is 12.7. The molecule has 0 atom stereocenters. The van der Waals surface area contributed by atoms with E-state index in [4.69, 9.17) is 4.98 Å². The summed E-state index contributed by atoms with van der Waals surface area (Å²) in [7, 11) is -1.37. The van der Waals surface area contributed by atoms with Gasteiger partial charge in [-0.2, -0.15) is 4.31 Å². The quantitative estimate of drug-likeness (QED) is 0.706. The van der Waals surface area contributed by atoms with Crippen molar-refractivity contribution in [1.82, 2.24) is 18.8 Å². The molecule has 1 aliphatic heterocycles. The number of rotatable bonds is 4. The van der Waals surface area contributed by atoms with Gasteiger partial charge in [-0.05, 0) is 24.3 Å². The number of sulfonamides is 1. The number of hydrogen-bond acceptors (Lipinski definition) is 4. The standard InChI is InChI=1S/C19H22N4O2S/c1-21-18-10-6-5-9-17(18)20-19(21)15-22-11-13-23(14-12-22)26(24,25)16-7-3-2-4-8-16/h2-10H,11-15H2,1H3. The number of imidazole rings is 1. The molecule has 26 heavy (non-hydrogen) atoms. The molecule has 0 unspecified atom stereocenters. The van der Waals surface area contributed by atoms with Gasteiger partial charge in [-0.25, -0.2) is 13.4 Å². The molecule has 6 nitrogen and oxygen atoms in total. The van der Waals surface area contributed by atoms with E-state index in [1.807, 2.05) is 31.3 Å². The topological polar surface area (TPSA) is 58.4 Å². The van der Waals surface area contributed by atoms with Crippen LogP contribution in [0.4, 0.5) is 0 Å². The highest BCUT2D eigenvalue weighted by Gasteiger charge is 2.28. The average molecular weight is 370 g/mol. The number of aromatic nitrogens is 2. The van der Waals surface area contributed by atoms with E-state index in [0.29, 0.717) is 31.1 Å². The first-order chi connectivity index (χ1) is 12.6. The van der Waals surface area contributed by atoms with Gasteiger partial charge in [-0.1, -0.05) is 30.3 Å². The van der Waals surface area contributed by atoms with E-state index in [9.17, 15) is 8.42 Å². The van der Waals surface area contributed by atoms with Crippen LogP contribution in [0.2, 0.25) is 0 Å². The molecule has 0 saturated carbocycles. The van der Waals surface area contributed by atoms with Crippen molar-refractivity contribution in [2.45, 2.75) is 11.4 Å². The fourth-order valence-electron chi connectivity index (χ4n) is 3.41. The van der Waals surface area contributed by atoms with Gasteiger partial charge < -0.3 is 4.57 Å².